The molecule has 11 heteroatoms. The Kier molecular flexibility index (Phi) is 10.0. The van der Waals surface area contributed by atoms with Crippen molar-refractivity contribution in [2.24, 2.45) is 0 Å². The van der Waals surface area contributed by atoms with Gasteiger partial charge < -0.3 is 14.7 Å². The topological polar surface area (TPSA) is 49.7 Å². The highest BCUT2D eigenvalue weighted by atomic mass is 32.2. The first-order valence-electron chi connectivity index (χ1n) is 7.63. The molecular formula is C18H14BF5O3S2. The molecule has 0 atom stereocenters. The van der Waals surface area contributed by atoms with E-state index in [2.05, 4.69) is 53.2 Å². The lowest BCUT2D eigenvalue weighted by atomic mass is 10.2. The van der Waals surface area contributed by atoms with Crippen molar-refractivity contribution in [2.75, 3.05) is 0 Å². The van der Waals surface area contributed by atoms with Crippen LogP contribution < -0.4 is 4.65 Å². The highest BCUT2D eigenvalue weighted by molar-refractivity contribution is 7.99. The average Bonchev–Trinajstić information content (AvgIpc) is 2.70. The molecule has 3 aromatic rings. The van der Waals surface area contributed by atoms with Gasteiger partial charge in [0.1, 0.15) is 0 Å². The lowest BCUT2D eigenvalue weighted by Crippen LogP contribution is -2.23. The Hall–Kier alpha value is -2.21. The van der Waals surface area contributed by atoms with Gasteiger partial charge in [-0.3, -0.25) is 0 Å². The molecule has 154 valence electrons. The van der Waals surface area contributed by atoms with Crippen LogP contribution in [0.3, 0.4) is 0 Å². The van der Waals surface area contributed by atoms with Gasteiger partial charge in [0.05, 0.1) is 0 Å². The molecule has 0 unspecified atom stereocenters. The van der Waals surface area contributed by atoms with Crippen molar-refractivity contribution in [3.63, 3.8) is 0 Å². The molecule has 0 aliphatic carbocycles. The minimum absolute atomic E-state index is 0. The van der Waals surface area contributed by atoms with Crippen molar-refractivity contribution < 1.29 is 36.7 Å². The summed E-state index contributed by atoms with van der Waals surface area (Å²) in [6, 6.07) is 20.8. The molecule has 0 aliphatic rings. The number of benzene rings is 3. The minimum atomic E-state index is -2.70. The quantitative estimate of drug-likeness (QED) is 0.264. The lowest BCUT2D eigenvalue weighted by molar-refractivity contribution is 0.263. The summed E-state index contributed by atoms with van der Waals surface area (Å²) in [6.45, 7) is 0. The smallest absolute Gasteiger partial charge is 0.507 e. The fourth-order valence-corrected chi connectivity index (χ4v) is 2.77. The molecular weight excluding hydrogens is 434 g/mol. The van der Waals surface area contributed by atoms with Crippen molar-refractivity contribution >= 4 is 32.6 Å². The molecule has 0 amide bonds. The van der Waals surface area contributed by atoms with Crippen LogP contribution in [0.4, 0.5) is 22.0 Å². The molecule has 0 aromatic heterocycles. The molecule has 29 heavy (non-hydrogen) atoms. The molecule has 2 N–H and O–H groups in total. The Morgan fingerprint density at radius 3 is 1.31 bits per heavy atom. The maximum Gasteiger partial charge on any atom is 0.707 e. The van der Waals surface area contributed by atoms with Gasteiger partial charge in [-0.05, 0) is 24.3 Å². The molecule has 0 saturated heterocycles. The molecule has 0 saturated carbocycles. The Morgan fingerprint density at radius 2 is 0.966 bits per heavy atom. The lowest BCUT2D eigenvalue weighted by Gasteiger charge is -2.08. The van der Waals surface area contributed by atoms with E-state index in [0.717, 1.165) is 0 Å². The maximum absolute atomic E-state index is 12.7. The van der Waals surface area contributed by atoms with E-state index in [-0.39, 0.29) is 13.5 Å². The molecule has 3 rings (SSSR count). The standard InChI is InChI=1S/C12H10S.C6H2BF5O3.H2S/c1-3-7-11(8-4-1)13-12-9-5-2-6-10-12;8-1-2(9)4(11)6(15-7(13)14)5(12)3(1)10;/h1-10H;13-14H;1H2. The summed E-state index contributed by atoms with van der Waals surface area (Å²) in [5.41, 5.74) is 0. The summed E-state index contributed by atoms with van der Waals surface area (Å²) in [7, 11) is -2.70. The Bertz CT molecular complexity index is 852. The molecule has 0 radical (unpaired) electrons. The minimum Gasteiger partial charge on any atom is -0.507 e. The second-order valence-electron chi connectivity index (χ2n) is 5.07. The van der Waals surface area contributed by atoms with Gasteiger partial charge >= 0.3 is 7.32 Å². The summed E-state index contributed by atoms with van der Waals surface area (Å²) in [4.78, 5) is 2.57. The summed E-state index contributed by atoms with van der Waals surface area (Å²) in [5.74, 6) is -13.1. The zero-order valence-electron chi connectivity index (χ0n) is 14.5. The van der Waals surface area contributed by atoms with Crippen molar-refractivity contribution in [1.29, 1.82) is 0 Å². The van der Waals surface area contributed by atoms with Crippen LogP contribution in [0.15, 0.2) is 70.5 Å². The van der Waals surface area contributed by atoms with E-state index in [9.17, 15) is 22.0 Å². The van der Waals surface area contributed by atoms with E-state index >= 15 is 0 Å². The fourth-order valence-electron chi connectivity index (χ4n) is 1.91. The van der Waals surface area contributed by atoms with E-state index in [1.165, 1.54) is 9.79 Å². The van der Waals surface area contributed by atoms with Crippen LogP contribution in [0.25, 0.3) is 0 Å². The Labute approximate surface area is 174 Å². The van der Waals surface area contributed by atoms with Gasteiger partial charge in [-0.25, -0.2) is 13.2 Å². The third kappa shape index (κ3) is 6.96. The van der Waals surface area contributed by atoms with E-state index in [0.29, 0.717) is 0 Å². The molecule has 0 heterocycles. The normalized spacial score (nSPS) is 9.76. The van der Waals surface area contributed by atoms with Gasteiger partial charge in [0.25, 0.3) is 0 Å². The van der Waals surface area contributed by atoms with Crippen molar-refractivity contribution in [2.45, 2.75) is 9.79 Å². The number of rotatable bonds is 4. The molecule has 0 fully saturated rings. The van der Waals surface area contributed by atoms with Crippen LogP contribution in [-0.4, -0.2) is 17.4 Å². The van der Waals surface area contributed by atoms with E-state index in [1.807, 2.05) is 12.1 Å². The number of hydrogen-bond donors (Lipinski definition) is 2. The van der Waals surface area contributed by atoms with Gasteiger partial charge in [-0.1, -0.05) is 48.2 Å². The first-order chi connectivity index (χ1) is 13.3. The van der Waals surface area contributed by atoms with Gasteiger partial charge in [0, 0.05) is 9.79 Å². The third-order valence-corrected chi connectivity index (χ3v) is 4.13. The van der Waals surface area contributed by atoms with Gasteiger partial charge in [0.15, 0.2) is 5.75 Å². The van der Waals surface area contributed by atoms with Crippen LogP contribution in [0.2, 0.25) is 0 Å². The monoisotopic (exact) mass is 448 g/mol. The fraction of sp³-hybridized carbons (Fsp3) is 0. The average molecular weight is 448 g/mol. The van der Waals surface area contributed by atoms with E-state index < -0.39 is 42.2 Å². The molecule has 0 spiro atoms. The van der Waals surface area contributed by atoms with Crippen LogP contribution >= 0.6 is 25.3 Å². The maximum atomic E-state index is 12.7. The predicted octanol–water partition coefficient (Wildman–Crippen LogP) is 4.68. The predicted molar refractivity (Wildman–Crippen MR) is 104 cm³/mol. The van der Waals surface area contributed by atoms with Crippen LogP contribution in [0.5, 0.6) is 5.75 Å². The number of halogens is 5. The zero-order chi connectivity index (χ0) is 20.7. The van der Waals surface area contributed by atoms with Gasteiger partial charge in [0.2, 0.25) is 29.1 Å². The van der Waals surface area contributed by atoms with Gasteiger partial charge in [-0.2, -0.15) is 22.3 Å². The molecule has 3 aromatic carbocycles. The molecule has 0 aliphatic heterocycles. The van der Waals surface area contributed by atoms with Crippen molar-refractivity contribution in [1.82, 2.24) is 0 Å². The van der Waals surface area contributed by atoms with Crippen molar-refractivity contribution in [3.05, 3.63) is 89.7 Å². The molecule has 3 nitrogen and oxygen atoms in total. The first-order valence-corrected chi connectivity index (χ1v) is 8.45. The summed E-state index contributed by atoms with van der Waals surface area (Å²) in [5, 5.41) is 16.3. The first kappa shape index (κ1) is 24.8. The zero-order valence-corrected chi connectivity index (χ0v) is 16.3. The highest BCUT2D eigenvalue weighted by Crippen LogP contribution is 2.29. The van der Waals surface area contributed by atoms with Crippen LogP contribution in [0, 0.1) is 29.1 Å². The Morgan fingerprint density at radius 1 is 0.621 bits per heavy atom. The largest absolute Gasteiger partial charge is 0.707 e. The van der Waals surface area contributed by atoms with Crippen molar-refractivity contribution in [3.8, 4) is 5.75 Å². The van der Waals surface area contributed by atoms with Crippen LogP contribution in [0.1, 0.15) is 0 Å². The second kappa shape index (κ2) is 11.7. The Balaban J connectivity index is 0.000000282. The number of hydrogen-bond acceptors (Lipinski definition) is 4. The summed E-state index contributed by atoms with van der Waals surface area (Å²) < 4.78 is 66.3. The highest BCUT2D eigenvalue weighted by Gasteiger charge is 2.29. The summed E-state index contributed by atoms with van der Waals surface area (Å²) >= 11 is 1.79. The third-order valence-electron chi connectivity index (χ3n) is 3.11. The van der Waals surface area contributed by atoms with E-state index in [1.54, 1.807) is 11.8 Å². The van der Waals surface area contributed by atoms with Gasteiger partial charge in [-0.15, -0.1) is 0 Å². The van der Waals surface area contributed by atoms with Crippen LogP contribution in [-0.2, 0) is 0 Å². The SMILES string of the molecule is OB(O)Oc1c(F)c(F)c(F)c(F)c1F.S.c1ccc(Sc2ccccc2)cc1. The second-order valence-corrected chi connectivity index (χ2v) is 6.22. The molecule has 0 bridgehead atoms. The summed E-state index contributed by atoms with van der Waals surface area (Å²) in [6.07, 6.45) is 0. The van der Waals surface area contributed by atoms with E-state index in [4.69, 9.17) is 10.0 Å².